The second kappa shape index (κ2) is 6.78. The number of halogens is 2. The third-order valence-electron chi connectivity index (χ3n) is 2.87. The number of nitro benzene ring substituents is 1. The molecular formula is C14H12BrClN2O3. The van der Waals surface area contributed by atoms with E-state index >= 15 is 0 Å². The highest BCUT2D eigenvalue weighted by Crippen LogP contribution is 2.30. The maximum Gasteiger partial charge on any atom is 0.271 e. The molecular weight excluding hydrogens is 360 g/mol. The molecule has 0 aromatic heterocycles. The Labute approximate surface area is 135 Å². The average Bonchev–Trinajstić information content (AvgIpc) is 2.47. The van der Waals surface area contributed by atoms with Gasteiger partial charge in [0.2, 0.25) is 0 Å². The van der Waals surface area contributed by atoms with Crippen molar-refractivity contribution in [2.45, 2.75) is 6.54 Å². The van der Waals surface area contributed by atoms with E-state index in [0.29, 0.717) is 23.0 Å². The van der Waals surface area contributed by atoms with Crippen LogP contribution in [-0.2, 0) is 6.54 Å². The molecule has 2 aromatic rings. The molecule has 0 radical (unpaired) electrons. The molecule has 0 spiro atoms. The highest BCUT2D eigenvalue weighted by Gasteiger charge is 2.11. The summed E-state index contributed by atoms with van der Waals surface area (Å²) in [4.78, 5) is 10.4. The molecule has 110 valence electrons. The number of benzene rings is 2. The molecule has 0 aliphatic heterocycles. The summed E-state index contributed by atoms with van der Waals surface area (Å²) in [6, 6.07) is 9.86. The van der Waals surface area contributed by atoms with Gasteiger partial charge in [0.15, 0.2) is 0 Å². The van der Waals surface area contributed by atoms with Gasteiger partial charge in [-0.1, -0.05) is 27.5 Å². The molecule has 7 heteroatoms. The van der Waals surface area contributed by atoms with E-state index in [9.17, 15) is 10.1 Å². The molecule has 0 saturated carbocycles. The summed E-state index contributed by atoms with van der Waals surface area (Å²) >= 11 is 9.40. The summed E-state index contributed by atoms with van der Waals surface area (Å²) in [6.07, 6.45) is 0. The van der Waals surface area contributed by atoms with E-state index in [4.69, 9.17) is 16.3 Å². The fourth-order valence-electron chi connectivity index (χ4n) is 1.82. The van der Waals surface area contributed by atoms with Crippen molar-refractivity contribution in [2.24, 2.45) is 0 Å². The molecule has 0 atom stereocenters. The fraction of sp³-hybridized carbons (Fsp3) is 0.143. The average molecular weight is 372 g/mol. The summed E-state index contributed by atoms with van der Waals surface area (Å²) < 4.78 is 6.11. The van der Waals surface area contributed by atoms with E-state index in [1.165, 1.54) is 19.2 Å². The quantitative estimate of drug-likeness (QED) is 0.614. The lowest BCUT2D eigenvalue weighted by Gasteiger charge is -2.12. The van der Waals surface area contributed by atoms with Crippen LogP contribution in [0.4, 0.5) is 11.4 Å². The summed E-state index contributed by atoms with van der Waals surface area (Å²) in [5, 5.41) is 14.6. The van der Waals surface area contributed by atoms with E-state index < -0.39 is 4.92 Å². The lowest BCUT2D eigenvalue weighted by atomic mass is 10.2. The van der Waals surface area contributed by atoms with E-state index in [0.717, 1.165) is 10.0 Å². The Hall–Kier alpha value is -1.79. The Morgan fingerprint density at radius 3 is 2.76 bits per heavy atom. The minimum atomic E-state index is -0.445. The molecule has 21 heavy (non-hydrogen) atoms. The second-order valence-corrected chi connectivity index (χ2v) is 5.52. The standard InChI is InChI=1S/C14H12BrClN2O3/c1-21-14-5-3-11(18(19)20)7-13(14)17-8-9-6-10(16)2-4-12(9)15/h2-7,17H,8H2,1H3. The molecule has 0 fully saturated rings. The van der Waals surface area contributed by atoms with Crippen LogP contribution in [0.2, 0.25) is 5.02 Å². The highest BCUT2D eigenvalue weighted by atomic mass is 79.9. The molecule has 1 N–H and O–H groups in total. The predicted octanol–water partition coefficient (Wildman–Crippen LogP) is 4.63. The van der Waals surface area contributed by atoms with Gasteiger partial charge in [0.05, 0.1) is 17.7 Å². The van der Waals surface area contributed by atoms with Gasteiger partial charge in [-0.15, -0.1) is 0 Å². The zero-order chi connectivity index (χ0) is 15.4. The van der Waals surface area contributed by atoms with Crippen molar-refractivity contribution in [3.8, 4) is 5.75 Å². The van der Waals surface area contributed by atoms with E-state index in [-0.39, 0.29) is 5.69 Å². The number of nitro groups is 1. The molecule has 0 aliphatic rings. The number of rotatable bonds is 5. The van der Waals surface area contributed by atoms with Gasteiger partial charge >= 0.3 is 0 Å². The summed E-state index contributed by atoms with van der Waals surface area (Å²) in [6.45, 7) is 0.457. The lowest BCUT2D eigenvalue weighted by molar-refractivity contribution is -0.384. The van der Waals surface area contributed by atoms with Gasteiger partial charge < -0.3 is 10.1 Å². The van der Waals surface area contributed by atoms with Crippen molar-refractivity contribution >= 4 is 38.9 Å². The number of non-ortho nitro benzene ring substituents is 1. The largest absolute Gasteiger partial charge is 0.495 e. The predicted molar refractivity (Wildman–Crippen MR) is 86.1 cm³/mol. The maximum atomic E-state index is 10.8. The van der Waals surface area contributed by atoms with E-state index in [1.54, 1.807) is 12.1 Å². The van der Waals surface area contributed by atoms with Crippen LogP contribution in [0.25, 0.3) is 0 Å². The third-order valence-corrected chi connectivity index (χ3v) is 3.88. The molecule has 0 aliphatic carbocycles. The van der Waals surface area contributed by atoms with Crippen molar-refractivity contribution in [2.75, 3.05) is 12.4 Å². The first-order chi connectivity index (χ1) is 10.0. The highest BCUT2D eigenvalue weighted by molar-refractivity contribution is 9.10. The number of nitrogens with one attached hydrogen (secondary N) is 1. The van der Waals surface area contributed by atoms with E-state index in [1.807, 2.05) is 12.1 Å². The monoisotopic (exact) mass is 370 g/mol. The molecule has 0 amide bonds. The number of hydrogen-bond donors (Lipinski definition) is 1. The number of methoxy groups -OCH3 is 1. The minimum absolute atomic E-state index is 0.00320. The smallest absolute Gasteiger partial charge is 0.271 e. The molecule has 5 nitrogen and oxygen atoms in total. The molecule has 0 bridgehead atoms. The van der Waals surface area contributed by atoms with Crippen LogP contribution in [-0.4, -0.2) is 12.0 Å². The maximum absolute atomic E-state index is 10.8. The van der Waals surface area contributed by atoms with Crippen LogP contribution in [0.15, 0.2) is 40.9 Å². The molecule has 2 aromatic carbocycles. The number of hydrogen-bond acceptors (Lipinski definition) is 4. The second-order valence-electron chi connectivity index (χ2n) is 4.23. The van der Waals surface area contributed by atoms with Crippen LogP contribution in [0, 0.1) is 10.1 Å². The topological polar surface area (TPSA) is 64.4 Å². The SMILES string of the molecule is COc1ccc([N+](=O)[O-])cc1NCc1cc(Cl)ccc1Br. The number of ether oxygens (including phenoxy) is 1. The van der Waals surface area contributed by atoms with Crippen LogP contribution in [0.3, 0.4) is 0 Å². The minimum Gasteiger partial charge on any atom is -0.495 e. The molecule has 0 unspecified atom stereocenters. The Morgan fingerprint density at radius 2 is 2.10 bits per heavy atom. The van der Waals surface area contributed by atoms with Crippen LogP contribution >= 0.6 is 27.5 Å². The first-order valence-electron chi connectivity index (χ1n) is 6.01. The van der Waals surface area contributed by atoms with Gasteiger partial charge in [-0.3, -0.25) is 10.1 Å². The normalized spacial score (nSPS) is 10.2. The fourth-order valence-corrected chi connectivity index (χ4v) is 2.40. The Balaban J connectivity index is 2.24. The first-order valence-corrected chi connectivity index (χ1v) is 7.18. The van der Waals surface area contributed by atoms with Gasteiger partial charge in [-0.2, -0.15) is 0 Å². The van der Waals surface area contributed by atoms with Gasteiger partial charge in [-0.05, 0) is 29.8 Å². The molecule has 2 rings (SSSR count). The molecule has 0 saturated heterocycles. The zero-order valence-electron chi connectivity index (χ0n) is 11.1. The summed E-state index contributed by atoms with van der Waals surface area (Å²) in [5.41, 5.74) is 1.50. The van der Waals surface area contributed by atoms with Crippen LogP contribution in [0.1, 0.15) is 5.56 Å². The summed E-state index contributed by atoms with van der Waals surface area (Å²) in [7, 11) is 1.52. The van der Waals surface area contributed by atoms with Crippen LogP contribution in [0.5, 0.6) is 5.75 Å². The van der Waals surface area contributed by atoms with Gasteiger partial charge in [0.25, 0.3) is 5.69 Å². The number of anilines is 1. The van der Waals surface area contributed by atoms with E-state index in [2.05, 4.69) is 21.2 Å². The van der Waals surface area contributed by atoms with Crippen molar-refractivity contribution in [3.63, 3.8) is 0 Å². The van der Waals surface area contributed by atoms with Crippen LogP contribution < -0.4 is 10.1 Å². The van der Waals surface area contributed by atoms with Crippen molar-refractivity contribution in [1.29, 1.82) is 0 Å². The third kappa shape index (κ3) is 3.86. The Kier molecular flexibility index (Phi) is 5.03. The zero-order valence-corrected chi connectivity index (χ0v) is 13.4. The van der Waals surface area contributed by atoms with Gasteiger partial charge in [0.1, 0.15) is 5.75 Å². The number of nitrogens with zero attached hydrogens (tertiary/aromatic N) is 1. The molecule has 0 heterocycles. The van der Waals surface area contributed by atoms with Crippen molar-refractivity contribution < 1.29 is 9.66 Å². The van der Waals surface area contributed by atoms with Crippen molar-refractivity contribution in [1.82, 2.24) is 0 Å². The Bertz CT molecular complexity index is 679. The first kappa shape index (κ1) is 15.6. The van der Waals surface area contributed by atoms with Gasteiger partial charge in [0, 0.05) is 28.2 Å². The summed E-state index contributed by atoms with van der Waals surface area (Å²) in [5.74, 6) is 0.541. The van der Waals surface area contributed by atoms with Crippen molar-refractivity contribution in [3.05, 3.63) is 61.6 Å². The Morgan fingerprint density at radius 1 is 1.33 bits per heavy atom. The van der Waals surface area contributed by atoms with Gasteiger partial charge in [-0.25, -0.2) is 0 Å². The lowest BCUT2D eigenvalue weighted by Crippen LogP contribution is -2.03.